The summed E-state index contributed by atoms with van der Waals surface area (Å²) in [5, 5.41) is 3.48. The van der Waals surface area contributed by atoms with Gasteiger partial charge in [0.05, 0.1) is 5.69 Å². The van der Waals surface area contributed by atoms with E-state index in [1.165, 1.54) is 0 Å². The first-order chi connectivity index (χ1) is 17.0. The van der Waals surface area contributed by atoms with Crippen LogP contribution < -0.4 is 15.5 Å². The van der Waals surface area contributed by atoms with E-state index in [9.17, 15) is 14.4 Å². The minimum absolute atomic E-state index is 0.272. The van der Waals surface area contributed by atoms with E-state index in [4.69, 9.17) is 4.74 Å². The number of nitrogens with zero attached hydrogens (tertiary/aromatic N) is 3. The number of imidazole rings is 1. The molecule has 1 saturated heterocycles. The van der Waals surface area contributed by atoms with Gasteiger partial charge < -0.3 is 14.5 Å². The molecule has 0 spiro atoms. The van der Waals surface area contributed by atoms with Gasteiger partial charge in [-0.05, 0) is 48.4 Å². The number of fused-ring (bicyclic) bond motifs is 1. The number of carbonyl (C=O) groups excluding carboxylic acids is 3. The van der Waals surface area contributed by atoms with Crippen LogP contribution in [0.3, 0.4) is 0 Å². The van der Waals surface area contributed by atoms with Gasteiger partial charge in [0.2, 0.25) is 0 Å². The number of hydrazine groups is 1. The molecular weight excluding hydrogens is 446 g/mol. The molecule has 2 aromatic heterocycles. The van der Waals surface area contributed by atoms with E-state index < -0.39 is 23.4 Å². The number of hydrogen-bond acceptors (Lipinski definition) is 5. The maximum absolute atomic E-state index is 13.2. The van der Waals surface area contributed by atoms with Crippen LogP contribution in [-0.4, -0.2) is 32.2 Å². The number of rotatable bonds is 7. The molecular formula is C26H23N5O4. The van der Waals surface area contributed by atoms with E-state index in [-0.39, 0.29) is 12.2 Å². The van der Waals surface area contributed by atoms with E-state index in [2.05, 4.69) is 15.7 Å². The number of carbonyl (C=O) groups is 3. The molecule has 0 bridgehead atoms. The largest absolute Gasteiger partial charge is 0.487 e. The standard InChI is InChI=1S/C26H23N5O4/c1-2-26(19-8-4-3-5-9-19)24(33)31(25(34)28-26)29-23(32)18-11-13-21(14-12-18)35-17-20-16-30-15-7-6-10-22(30)27-20/h3-16H,2,17H2,1H3,(H,28,34)(H,29,32)/t26-/m0/s1. The van der Waals surface area contributed by atoms with Crippen molar-refractivity contribution < 1.29 is 19.1 Å². The summed E-state index contributed by atoms with van der Waals surface area (Å²) < 4.78 is 7.69. The minimum Gasteiger partial charge on any atom is -0.487 e. The van der Waals surface area contributed by atoms with Crippen molar-refractivity contribution in [2.75, 3.05) is 0 Å². The van der Waals surface area contributed by atoms with Crippen LogP contribution in [0.1, 0.15) is 35.0 Å². The topological polar surface area (TPSA) is 105 Å². The van der Waals surface area contributed by atoms with Crippen LogP contribution in [0.25, 0.3) is 5.65 Å². The van der Waals surface area contributed by atoms with Gasteiger partial charge >= 0.3 is 6.03 Å². The second-order valence-electron chi connectivity index (χ2n) is 8.15. The highest BCUT2D eigenvalue weighted by Gasteiger charge is 2.52. The SMILES string of the molecule is CC[C@@]1(c2ccccc2)NC(=O)N(NC(=O)c2ccc(OCc3cn4ccccc4n3)cc2)C1=O. The number of imide groups is 1. The summed E-state index contributed by atoms with van der Waals surface area (Å²) in [5.74, 6) is -0.556. The number of pyridine rings is 1. The summed E-state index contributed by atoms with van der Waals surface area (Å²) in [4.78, 5) is 43.0. The first kappa shape index (κ1) is 22.1. The van der Waals surface area contributed by atoms with Crippen molar-refractivity contribution in [2.24, 2.45) is 0 Å². The quantitative estimate of drug-likeness (QED) is 0.404. The molecule has 1 atom stereocenters. The fourth-order valence-electron chi connectivity index (χ4n) is 4.12. The third kappa shape index (κ3) is 4.08. The van der Waals surface area contributed by atoms with E-state index in [0.29, 0.717) is 17.7 Å². The van der Waals surface area contributed by atoms with Crippen molar-refractivity contribution in [2.45, 2.75) is 25.5 Å². The van der Waals surface area contributed by atoms with E-state index in [1.807, 2.05) is 48.0 Å². The molecule has 3 heterocycles. The van der Waals surface area contributed by atoms with Crippen LogP contribution in [0, 0.1) is 0 Å². The minimum atomic E-state index is -1.22. The van der Waals surface area contributed by atoms with Crippen molar-refractivity contribution >= 4 is 23.5 Å². The number of ether oxygens (including phenoxy) is 1. The Kier molecular flexibility index (Phi) is 5.66. The number of aromatic nitrogens is 2. The van der Waals surface area contributed by atoms with Crippen molar-refractivity contribution in [3.8, 4) is 5.75 Å². The predicted molar refractivity (Wildman–Crippen MR) is 127 cm³/mol. The van der Waals surface area contributed by atoms with Gasteiger partial charge in [-0.3, -0.25) is 15.0 Å². The van der Waals surface area contributed by atoms with Crippen molar-refractivity contribution in [1.29, 1.82) is 0 Å². The predicted octanol–water partition coefficient (Wildman–Crippen LogP) is 3.42. The third-order valence-electron chi connectivity index (χ3n) is 6.02. The highest BCUT2D eigenvalue weighted by atomic mass is 16.5. The summed E-state index contributed by atoms with van der Waals surface area (Å²) >= 11 is 0. The number of hydrogen-bond donors (Lipinski definition) is 2. The Morgan fingerprint density at radius 2 is 1.77 bits per heavy atom. The molecule has 0 aliphatic carbocycles. The summed E-state index contributed by atoms with van der Waals surface area (Å²) in [6, 6.07) is 20.5. The first-order valence-corrected chi connectivity index (χ1v) is 11.2. The molecule has 35 heavy (non-hydrogen) atoms. The highest BCUT2D eigenvalue weighted by molar-refractivity contribution is 6.09. The molecule has 1 aliphatic rings. The molecule has 9 nitrogen and oxygen atoms in total. The smallest absolute Gasteiger partial charge is 0.344 e. The first-order valence-electron chi connectivity index (χ1n) is 11.2. The van der Waals surface area contributed by atoms with Gasteiger partial charge in [-0.15, -0.1) is 0 Å². The fourth-order valence-corrected chi connectivity index (χ4v) is 4.12. The molecule has 0 unspecified atom stereocenters. The Hall–Kier alpha value is -4.66. The van der Waals surface area contributed by atoms with Crippen LogP contribution in [0.2, 0.25) is 0 Å². The molecule has 2 N–H and O–H groups in total. The molecule has 4 aromatic rings. The van der Waals surface area contributed by atoms with Gasteiger partial charge in [0, 0.05) is 18.0 Å². The van der Waals surface area contributed by atoms with Gasteiger partial charge in [-0.25, -0.2) is 9.78 Å². The lowest BCUT2D eigenvalue weighted by molar-refractivity contribution is -0.133. The van der Waals surface area contributed by atoms with Gasteiger partial charge in [0.1, 0.15) is 23.5 Å². The van der Waals surface area contributed by atoms with Crippen LogP contribution in [0.4, 0.5) is 4.79 Å². The average Bonchev–Trinajstić information content (AvgIpc) is 3.42. The van der Waals surface area contributed by atoms with E-state index in [1.54, 1.807) is 48.5 Å². The maximum Gasteiger partial charge on any atom is 0.344 e. The number of nitrogens with one attached hydrogen (secondary N) is 2. The second kappa shape index (κ2) is 8.94. The van der Waals surface area contributed by atoms with Crippen molar-refractivity contribution in [3.05, 3.63) is 102 Å². The Morgan fingerprint density at radius 3 is 2.49 bits per heavy atom. The highest BCUT2D eigenvalue weighted by Crippen LogP contribution is 2.31. The molecule has 2 aromatic carbocycles. The van der Waals surface area contributed by atoms with Gasteiger partial charge in [-0.1, -0.05) is 43.3 Å². The van der Waals surface area contributed by atoms with Crippen LogP contribution in [0.5, 0.6) is 5.75 Å². The summed E-state index contributed by atoms with van der Waals surface area (Å²) in [7, 11) is 0. The molecule has 1 aliphatic heterocycles. The molecule has 0 radical (unpaired) electrons. The lowest BCUT2D eigenvalue weighted by atomic mass is 9.87. The molecule has 5 rings (SSSR count). The normalized spacial score (nSPS) is 17.5. The van der Waals surface area contributed by atoms with Crippen LogP contribution >= 0.6 is 0 Å². The fraction of sp³-hybridized carbons (Fsp3) is 0.154. The lowest BCUT2D eigenvalue weighted by Gasteiger charge is -2.25. The Morgan fingerprint density at radius 1 is 1.03 bits per heavy atom. The zero-order valence-corrected chi connectivity index (χ0v) is 19.0. The zero-order chi connectivity index (χ0) is 24.4. The molecule has 1 fully saturated rings. The van der Waals surface area contributed by atoms with Gasteiger partial charge in [-0.2, -0.15) is 5.01 Å². The second-order valence-corrected chi connectivity index (χ2v) is 8.15. The average molecular weight is 470 g/mol. The Balaban J connectivity index is 1.24. The molecule has 4 amide bonds. The summed E-state index contributed by atoms with van der Waals surface area (Å²) in [6.45, 7) is 2.08. The zero-order valence-electron chi connectivity index (χ0n) is 19.0. The number of urea groups is 1. The van der Waals surface area contributed by atoms with Gasteiger partial charge in [0.15, 0.2) is 0 Å². The van der Waals surface area contributed by atoms with Crippen LogP contribution in [-0.2, 0) is 16.9 Å². The Bertz CT molecular complexity index is 1370. The number of benzene rings is 2. The molecule has 9 heteroatoms. The van der Waals surface area contributed by atoms with Gasteiger partial charge in [0.25, 0.3) is 11.8 Å². The lowest BCUT2D eigenvalue weighted by Crippen LogP contribution is -2.48. The molecule has 176 valence electrons. The summed E-state index contributed by atoms with van der Waals surface area (Å²) in [5.41, 5.74) is 3.74. The van der Waals surface area contributed by atoms with E-state index >= 15 is 0 Å². The van der Waals surface area contributed by atoms with Crippen LogP contribution in [0.15, 0.2) is 85.2 Å². The van der Waals surface area contributed by atoms with Crippen molar-refractivity contribution in [1.82, 2.24) is 25.1 Å². The number of amides is 4. The van der Waals surface area contributed by atoms with E-state index in [0.717, 1.165) is 16.4 Å². The Labute approximate surface area is 201 Å². The monoisotopic (exact) mass is 469 g/mol. The maximum atomic E-state index is 13.2. The third-order valence-corrected chi connectivity index (χ3v) is 6.02. The summed E-state index contributed by atoms with van der Waals surface area (Å²) in [6.07, 6.45) is 4.14. The molecule has 0 saturated carbocycles. The van der Waals surface area contributed by atoms with Crippen molar-refractivity contribution in [3.63, 3.8) is 0 Å².